The molecule has 140 valence electrons. The zero-order valence-electron chi connectivity index (χ0n) is 16.9. The van der Waals surface area contributed by atoms with E-state index in [9.17, 15) is 4.79 Å². The Morgan fingerprint density at radius 3 is 2.24 bits per heavy atom. The van der Waals surface area contributed by atoms with Crippen molar-refractivity contribution in [2.24, 2.45) is 0 Å². The first-order valence-corrected chi connectivity index (χ1v) is 11.8. The summed E-state index contributed by atoms with van der Waals surface area (Å²) in [5.41, 5.74) is 1.16. The van der Waals surface area contributed by atoms with Gasteiger partial charge in [-0.25, -0.2) is 0 Å². The molecular formula is C21H34O3Si. The lowest BCUT2D eigenvalue weighted by atomic mass is 10.2. The van der Waals surface area contributed by atoms with Gasteiger partial charge in [-0.2, -0.15) is 0 Å². The first-order chi connectivity index (χ1) is 11.6. The molecule has 0 aliphatic carbocycles. The first-order valence-electron chi connectivity index (χ1n) is 9.07. The van der Waals surface area contributed by atoms with Crippen molar-refractivity contribution in [1.29, 1.82) is 0 Å². The molecule has 0 amide bonds. The third-order valence-electron chi connectivity index (χ3n) is 5.35. The average Bonchev–Trinajstić information content (AvgIpc) is 2.54. The van der Waals surface area contributed by atoms with E-state index in [-0.39, 0.29) is 11.0 Å². The summed E-state index contributed by atoms with van der Waals surface area (Å²) in [4.78, 5) is 12.1. The molecule has 0 aromatic heterocycles. The Morgan fingerprint density at radius 1 is 1.16 bits per heavy atom. The second-order valence-corrected chi connectivity index (χ2v) is 13.4. The molecule has 0 aliphatic heterocycles. The van der Waals surface area contributed by atoms with Gasteiger partial charge in [0.1, 0.15) is 13.3 Å². The molecule has 0 fully saturated rings. The molecule has 0 saturated carbocycles. The predicted molar refractivity (Wildman–Crippen MR) is 107 cm³/mol. The van der Waals surface area contributed by atoms with Crippen molar-refractivity contribution in [3.8, 4) is 0 Å². The molecule has 0 saturated heterocycles. The quantitative estimate of drug-likeness (QED) is 0.350. The monoisotopic (exact) mass is 362 g/mol. The maximum Gasteiger partial charge on any atom is 0.306 e. The van der Waals surface area contributed by atoms with Crippen molar-refractivity contribution in [2.45, 2.75) is 71.4 Å². The minimum Gasteiger partial charge on any atom is -0.459 e. The standard InChI is InChI=1S/C21H34O3Si/c1-8-15-21(6,24-19(22)9-2)25(7,20(3,4)5)17-23-16-18-13-11-10-12-14-18/h8,10-15H,9,16-17H2,1-7H3/b15-8-/t21-,25+/m0/s1. The maximum absolute atomic E-state index is 12.1. The lowest BCUT2D eigenvalue weighted by Crippen LogP contribution is -2.64. The van der Waals surface area contributed by atoms with Crippen molar-refractivity contribution in [3.05, 3.63) is 48.0 Å². The summed E-state index contributed by atoms with van der Waals surface area (Å²) in [6.45, 7) is 15.4. The number of rotatable bonds is 8. The van der Waals surface area contributed by atoms with Gasteiger partial charge >= 0.3 is 5.97 Å². The number of esters is 1. The zero-order chi connectivity index (χ0) is 19.1. The molecule has 1 aromatic rings. The Morgan fingerprint density at radius 2 is 1.76 bits per heavy atom. The van der Waals surface area contributed by atoms with Crippen LogP contribution in [0.15, 0.2) is 42.5 Å². The number of hydrogen-bond donors (Lipinski definition) is 0. The molecule has 1 aromatic carbocycles. The van der Waals surface area contributed by atoms with Crippen molar-refractivity contribution in [1.82, 2.24) is 0 Å². The number of allylic oxidation sites excluding steroid dienone is 1. The smallest absolute Gasteiger partial charge is 0.306 e. The molecule has 2 atom stereocenters. The minimum absolute atomic E-state index is 0.00592. The zero-order valence-corrected chi connectivity index (χ0v) is 17.9. The second-order valence-electron chi connectivity index (χ2n) is 8.00. The Labute approximate surface area is 154 Å². The van der Waals surface area contributed by atoms with Crippen LogP contribution in [0.1, 0.15) is 53.5 Å². The van der Waals surface area contributed by atoms with E-state index in [1.165, 1.54) is 0 Å². The summed E-state index contributed by atoms with van der Waals surface area (Å²) >= 11 is 0. The van der Waals surface area contributed by atoms with Crippen molar-refractivity contribution in [3.63, 3.8) is 0 Å². The van der Waals surface area contributed by atoms with Gasteiger partial charge in [-0.3, -0.25) is 4.79 Å². The van der Waals surface area contributed by atoms with E-state index < -0.39 is 13.3 Å². The summed E-state index contributed by atoms with van der Waals surface area (Å²) in [6.07, 6.45) is 5.04. The van der Waals surface area contributed by atoms with Crippen LogP contribution in [0.2, 0.25) is 11.6 Å². The van der Waals surface area contributed by atoms with E-state index in [4.69, 9.17) is 9.47 Å². The molecule has 0 N–H and O–H groups in total. The number of benzene rings is 1. The molecule has 25 heavy (non-hydrogen) atoms. The van der Waals surface area contributed by atoms with Crippen LogP contribution < -0.4 is 0 Å². The van der Waals surface area contributed by atoms with Gasteiger partial charge < -0.3 is 9.47 Å². The Hall–Kier alpha value is -1.39. The van der Waals surface area contributed by atoms with Crippen LogP contribution in [0.25, 0.3) is 0 Å². The van der Waals surface area contributed by atoms with Gasteiger partial charge in [0.05, 0.1) is 6.61 Å². The van der Waals surface area contributed by atoms with Crippen LogP contribution in [-0.2, 0) is 20.9 Å². The van der Waals surface area contributed by atoms with Crippen molar-refractivity contribution >= 4 is 14.0 Å². The Kier molecular flexibility index (Phi) is 7.63. The molecule has 0 heterocycles. The van der Waals surface area contributed by atoms with Crippen LogP contribution in [0.5, 0.6) is 0 Å². The van der Waals surface area contributed by atoms with Crippen LogP contribution >= 0.6 is 0 Å². The minimum atomic E-state index is -2.21. The predicted octanol–water partition coefficient (Wildman–Crippen LogP) is 5.45. The number of carbonyl (C=O) groups excluding carboxylic acids is 1. The van der Waals surface area contributed by atoms with Gasteiger partial charge in [0, 0.05) is 12.7 Å². The van der Waals surface area contributed by atoms with Crippen LogP contribution in [0.4, 0.5) is 0 Å². The van der Waals surface area contributed by atoms with Crippen LogP contribution in [-0.4, -0.2) is 25.5 Å². The van der Waals surface area contributed by atoms with E-state index in [1.54, 1.807) is 0 Å². The van der Waals surface area contributed by atoms with Crippen molar-refractivity contribution in [2.75, 3.05) is 6.23 Å². The normalized spacial score (nSPS) is 17.1. The van der Waals surface area contributed by atoms with Gasteiger partial charge in [-0.15, -0.1) is 0 Å². The molecule has 0 aliphatic rings. The van der Waals surface area contributed by atoms with Gasteiger partial charge in [0.25, 0.3) is 0 Å². The summed E-state index contributed by atoms with van der Waals surface area (Å²) < 4.78 is 12.1. The molecule has 1 rings (SSSR count). The Bertz CT molecular complexity index is 577. The van der Waals surface area contributed by atoms with Gasteiger partial charge in [-0.1, -0.05) is 70.6 Å². The van der Waals surface area contributed by atoms with E-state index in [0.29, 0.717) is 19.3 Å². The fourth-order valence-corrected chi connectivity index (χ4v) is 6.60. The number of hydrogen-bond acceptors (Lipinski definition) is 3. The van der Waals surface area contributed by atoms with E-state index in [1.807, 2.05) is 51.1 Å². The highest BCUT2D eigenvalue weighted by Gasteiger charge is 2.55. The van der Waals surface area contributed by atoms with Crippen LogP contribution in [0, 0.1) is 0 Å². The second kappa shape index (κ2) is 8.81. The molecule has 0 bridgehead atoms. The molecule has 4 heteroatoms. The molecule has 0 unspecified atom stereocenters. The average molecular weight is 363 g/mol. The van der Waals surface area contributed by atoms with E-state index in [2.05, 4.69) is 39.5 Å². The fraction of sp³-hybridized carbons (Fsp3) is 0.571. The van der Waals surface area contributed by atoms with Gasteiger partial charge in [0.15, 0.2) is 0 Å². The topological polar surface area (TPSA) is 35.5 Å². The first kappa shape index (κ1) is 21.6. The van der Waals surface area contributed by atoms with E-state index >= 15 is 0 Å². The highest BCUT2D eigenvalue weighted by atomic mass is 28.3. The molecule has 0 spiro atoms. The van der Waals surface area contributed by atoms with Gasteiger partial charge in [-0.05, 0) is 30.5 Å². The summed E-state index contributed by atoms with van der Waals surface area (Å²) in [7, 11) is -2.21. The fourth-order valence-electron chi connectivity index (χ4n) is 3.01. The summed E-state index contributed by atoms with van der Waals surface area (Å²) in [5.74, 6) is -0.161. The highest BCUT2D eigenvalue weighted by molar-refractivity contribution is 6.84. The van der Waals surface area contributed by atoms with Crippen molar-refractivity contribution < 1.29 is 14.3 Å². The summed E-state index contributed by atoms with van der Waals surface area (Å²) in [5, 5.41) is -0.601. The molecule has 0 radical (unpaired) electrons. The molecule has 3 nitrogen and oxygen atoms in total. The number of ether oxygens (including phenoxy) is 2. The summed E-state index contributed by atoms with van der Waals surface area (Å²) in [6, 6.07) is 10.2. The largest absolute Gasteiger partial charge is 0.459 e. The highest BCUT2D eigenvalue weighted by Crippen LogP contribution is 2.45. The molecular weight excluding hydrogens is 328 g/mol. The van der Waals surface area contributed by atoms with E-state index in [0.717, 1.165) is 5.56 Å². The lowest BCUT2D eigenvalue weighted by molar-refractivity contribution is -0.149. The number of carbonyl (C=O) groups is 1. The lowest BCUT2D eigenvalue weighted by Gasteiger charge is -2.50. The maximum atomic E-state index is 12.1. The Balaban J connectivity index is 3.07. The third kappa shape index (κ3) is 5.29. The SMILES string of the molecule is C/C=C\[C@@](C)(OC(=O)CC)[Si@](C)(COCc1ccccc1)C(C)(C)C. The van der Waals surface area contributed by atoms with Crippen LogP contribution in [0.3, 0.4) is 0 Å². The van der Waals surface area contributed by atoms with Gasteiger partial charge in [0.2, 0.25) is 0 Å². The third-order valence-corrected chi connectivity index (χ3v) is 11.9.